The number of amides is 2. The lowest BCUT2D eigenvalue weighted by Gasteiger charge is -2.14. The Bertz CT molecular complexity index is 1210. The van der Waals surface area contributed by atoms with Gasteiger partial charge in [0.25, 0.3) is 11.1 Å². The number of ether oxygens (including phenoxy) is 3. The van der Waals surface area contributed by atoms with Crippen molar-refractivity contribution in [2.75, 3.05) is 13.7 Å². The molecule has 3 rings (SSSR count). The van der Waals surface area contributed by atoms with Gasteiger partial charge in [-0.15, -0.1) is 0 Å². The van der Waals surface area contributed by atoms with E-state index in [-0.39, 0.29) is 23.2 Å². The summed E-state index contributed by atoms with van der Waals surface area (Å²) < 4.78 is 17.1. The second kappa shape index (κ2) is 11.6. The van der Waals surface area contributed by atoms with Gasteiger partial charge in [-0.05, 0) is 89.7 Å². The highest BCUT2D eigenvalue weighted by atomic mass is 127. The molecule has 0 saturated carbocycles. The van der Waals surface area contributed by atoms with E-state index in [0.29, 0.717) is 26.2 Å². The number of carbonyl (C=O) groups is 4. The summed E-state index contributed by atoms with van der Waals surface area (Å²) in [6.45, 7) is 3.04. The number of imide groups is 1. The number of carbonyl (C=O) groups excluding carboxylic acids is 3. The van der Waals surface area contributed by atoms with Crippen molar-refractivity contribution >= 4 is 63.5 Å². The lowest BCUT2D eigenvalue weighted by molar-refractivity contribution is -0.149. The van der Waals surface area contributed by atoms with Crippen molar-refractivity contribution in [3.05, 3.63) is 61.6 Å². The highest BCUT2D eigenvalue weighted by Crippen LogP contribution is 2.37. The van der Waals surface area contributed by atoms with Gasteiger partial charge < -0.3 is 19.3 Å². The zero-order valence-electron chi connectivity index (χ0n) is 19.1. The van der Waals surface area contributed by atoms with Crippen LogP contribution in [-0.4, -0.2) is 52.8 Å². The Morgan fingerprint density at radius 2 is 1.94 bits per heavy atom. The molecule has 1 saturated heterocycles. The summed E-state index contributed by atoms with van der Waals surface area (Å²) >= 11 is 2.80. The minimum Gasteiger partial charge on any atom is -0.493 e. The van der Waals surface area contributed by atoms with Crippen molar-refractivity contribution in [3.8, 4) is 11.5 Å². The van der Waals surface area contributed by atoms with Gasteiger partial charge in [0, 0.05) is 0 Å². The Morgan fingerprint density at radius 3 is 2.60 bits per heavy atom. The molecule has 35 heavy (non-hydrogen) atoms. The molecule has 0 spiro atoms. The number of hydrogen-bond acceptors (Lipinski definition) is 8. The predicted octanol–water partition coefficient (Wildman–Crippen LogP) is 4.56. The number of carboxylic acid groups (broad SMARTS) is 1. The molecular formula is C24H22INO8S. The summed E-state index contributed by atoms with van der Waals surface area (Å²) in [4.78, 5) is 49.1. The molecule has 0 unspecified atom stereocenters. The highest BCUT2D eigenvalue weighted by molar-refractivity contribution is 14.1. The Morgan fingerprint density at radius 1 is 1.20 bits per heavy atom. The van der Waals surface area contributed by atoms with E-state index in [4.69, 9.17) is 19.3 Å². The molecule has 1 aliphatic rings. The van der Waals surface area contributed by atoms with Gasteiger partial charge >= 0.3 is 11.9 Å². The Hall–Kier alpha value is -3.06. The largest absolute Gasteiger partial charge is 0.493 e. The van der Waals surface area contributed by atoms with Gasteiger partial charge in [0.1, 0.15) is 13.2 Å². The fraction of sp³-hybridized carbons (Fsp3) is 0.250. The first kappa shape index (κ1) is 26.5. The number of methoxy groups -OCH3 is 1. The summed E-state index contributed by atoms with van der Waals surface area (Å²) in [6.07, 6.45) is 1.19. The first-order valence-electron chi connectivity index (χ1n) is 10.4. The van der Waals surface area contributed by atoms with E-state index in [1.165, 1.54) is 19.2 Å². The molecule has 2 amide bonds. The number of thioether (sulfide) groups is 1. The van der Waals surface area contributed by atoms with Gasteiger partial charge in [-0.2, -0.15) is 0 Å². The lowest BCUT2D eigenvalue weighted by atomic mass is 10.1. The molecule has 1 heterocycles. The van der Waals surface area contributed by atoms with Crippen LogP contribution in [0.3, 0.4) is 0 Å². The van der Waals surface area contributed by atoms with Gasteiger partial charge in [0.15, 0.2) is 11.5 Å². The van der Waals surface area contributed by atoms with Crippen LogP contribution in [0.25, 0.3) is 6.08 Å². The second-order valence-corrected chi connectivity index (χ2v) is 9.79. The number of esters is 1. The third-order valence-electron chi connectivity index (χ3n) is 4.63. The predicted molar refractivity (Wildman–Crippen MR) is 137 cm³/mol. The third-order valence-corrected chi connectivity index (χ3v) is 6.34. The van der Waals surface area contributed by atoms with Crippen molar-refractivity contribution in [1.82, 2.24) is 4.90 Å². The zero-order chi connectivity index (χ0) is 25.7. The smallest absolute Gasteiger partial charge is 0.335 e. The maximum Gasteiger partial charge on any atom is 0.335 e. The van der Waals surface area contributed by atoms with Crippen LogP contribution in [-0.2, 0) is 20.9 Å². The van der Waals surface area contributed by atoms with E-state index in [1.807, 2.05) is 0 Å². The standard InChI is InChI=1S/C24H22INO8S/c1-13(2)34-20(27)11-26-22(28)19(35-24(26)31)10-15-8-17(25)21(18(9-15)32-3)33-12-14-5-4-6-16(7-14)23(29)30/h4-10,13H,11-12H2,1-3H3,(H,29,30)/b19-10+. The van der Waals surface area contributed by atoms with Crippen LogP contribution in [0.1, 0.15) is 35.3 Å². The van der Waals surface area contributed by atoms with Crippen molar-refractivity contribution in [1.29, 1.82) is 0 Å². The van der Waals surface area contributed by atoms with Crippen LogP contribution in [0.5, 0.6) is 11.5 Å². The zero-order valence-corrected chi connectivity index (χ0v) is 22.0. The van der Waals surface area contributed by atoms with Crippen LogP contribution < -0.4 is 9.47 Å². The average Bonchev–Trinajstić information content (AvgIpc) is 3.04. The van der Waals surface area contributed by atoms with E-state index in [1.54, 1.807) is 44.2 Å². The summed E-state index contributed by atoms with van der Waals surface area (Å²) in [5.41, 5.74) is 1.44. The summed E-state index contributed by atoms with van der Waals surface area (Å²) in [7, 11) is 1.47. The molecule has 2 aromatic carbocycles. The molecule has 9 nitrogen and oxygen atoms in total. The normalized spacial score (nSPS) is 14.5. The van der Waals surface area contributed by atoms with Crippen molar-refractivity contribution in [3.63, 3.8) is 0 Å². The Kier molecular flexibility index (Phi) is 8.78. The molecule has 2 aromatic rings. The first-order chi connectivity index (χ1) is 16.6. The summed E-state index contributed by atoms with van der Waals surface area (Å²) in [6, 6.07) is 9.85. The van der Waals surface area contributed by atoms with E-state index in [2.05, 4.69) is 22.6 Å². The molecule has 0 atom stereocenters. The number of aromatic carboxylic acids is 1. The van der Waals surface area contributed by atoms with E-state index in [9.17, 15) is 19.2 Å². The van der Waals surface area contributed by atoms with E-state index in [0.717, 1.165) is 16.7 Å². The van der Waals surface area contributed by atoms with Crippen molar-refractivity contribution in [2.24, 2.45) is 0 Å². The number of benzene rings is 2. The van der Waals surface area contributed by atoms with Crippen LogP contribution in [0, 0.1) is 3.57 Å². The van der Waals surface area contributed by atoms with Gasteiger partial charge in [0.05, 0.1) is 27.3 Å². The second-order valence-electron chi connectivity index (χ2n) is 7.63. The van der Waals surface area contributed by atoms with E-state index >= 15 is 0 Å². The maximum atomic E-state index is 12.7. The average molecular weight is 611 g/mol. The van der Waals surface area contributed by atoms with Gasteiger partial charge in [-0.3, -0.25) is 19.3 Å². The van der Waals surface area contributed by atoms with Gasteiger partial charge in [-0.25, -0.2) is 4.79 Å². The summed E-state index contributed by atoms with van der Waals surface area (Å²) in [5.74, 6) is -1.40. The monoisotopic (exact) mass is 611 g/mol. The van der Waals surface area contributed by atoms with E-state index < -0.39 is 29.6 Å². The maximum absolute atomic E-state index is 12.7. The minimum atomic E-state index is -1.02. The SMILES string of the molecule is COc1cc(/C=C2/SC(=O)N(CC(=O)OC(C)C)C2=O)cc(I)c1OCc1cccc(C(=O)O)c1. The number of halogens is 1. The fourth-order valence-corrected chi connectivity index (χ4v) is 4.75. The van der Waals surface area contributed by atoms with Crippen LogP contribution in [0.2, 0.25) is 0 Å². The summed E-state index contributed by atoms with van der Waals surface area (Å²) in [5, 5.41) is 8.61. The number of rotatable bonds is 9. The van der Waals surface area contributed by atoms with Crippen LogP contribution in [0.4, 0.5) is 4.79 Å². The molecule has 0 aliphatic carbocycles. The Labute approximate surface area is 219 Å². The van der Waals surface area contributed by atoms with Crippen molar-refractivity contribution in [2.45, 2.75) is 26.6 Å². The van der Waals surface area contributed by atoms with Crippen LogP contribution >= 0.6 is 34.4 Å². The lowest BCUT2D eigenvalue weighted by Crippen LogP contribution is -2.35. The third kappa shape index (κ3) is 6.75. The molecule has 0 radical (unpaired) electrons. The molecule has 0 bridgehead atoms. The molecule has 11 heteroatoms. The molecule has 184 valence electrons. The molecule has 0 aromatic heterocycles. The van der Waals surface area contributed by atoms with Gasteiger partial charge in [-0.1, -0.05) is 12.1 Å². The van der Waals surface area contributed by atoms with Crippen molar-refractivity contribution < 1.29 is 38.5 Å². The molecule has 1 N–H and O–H groups in total. The van der Waals surface area contributed by atoms with Gasteiger partial charge in [0.2, 0.25) is 0 Å². The number of carboxylic acids is 1. The minimum absolute atomic E-state index is 0.123. The fourth-order valence-electron chi connectivity index (χ4n) is 3.13. The number of hydrogen-bond donors (Lipinski definition) is 1. The Balaban J connectivity index is 1.78. The topological polar surface area (TPSA) is 119 Å². The van der Waals surface area contributed by atoms with Crippen LogP contribution in [0.15, 0.2) is 41.3 Å². The molecule has 1 fully saturated rings. The molecular weight excluding hydrogens is 589 g/mol. The quantitative estimate of drug-likeness (QED) is 0.247. The number of nitrogens with zero attached hydrogens (tertiary/aromatic N) is 1. The highest BCUT2D eigenvalue weighted by Gasteiger charge is 2.36. The first-order valence-corrected chi connectivity index (χ1v) is 12.3. The molecule has 1 aliphatic heterocycles.